The molecule has 0 aliphatic carbocycles. The summed E-state index contributed by atoms with van der Waals surface area (Å²) in [5.74, 6) is -1.59. The highest BCUT2D eigenvalue weighted by Crippen LogP contribution is 2.28. The van der Waals surface area contributed by atoms with Crippen molar-refractivity contribution in [2.24, 2.45) is 0 Å². The quantitative estimate of drug-likeness (QED) is 0.661. The minimum Gasteiger partial charge on any atom is -0.451 e. The van der Waals surface area contributed by atoms with E-state index in [0.29, 0.717) is 17.6 Å². The smallest absolute Gasteiger partial charge is 0.420 e. The summed E-state index contributed by atoms with van der Waals surface area (Å²) in [5.41, 5.74) is 2.85. The maximum atomic E-state index is 12.7. The van der Waals surface area contributed by atoms with Crippen molar-refractivity contribution in [1.82, 2.24) is 4.57 Å². The molecule has 1 aliphatic heterocycles. The van der Waals surface area contributed by atoms with Gasteiger partial charge in [-0.25, -0.2) is 4.79 Å². The first-order valence-corrected chi connectivity index (χ1v) is 8.72. The van der Waals surface area contributed by atoms with Crippen molar-refractivity contribution in [3.63, 3.8) is 0 Å². The lowest BCUT2D eigenvalue weighted by atomic mass is 10.2. The molecule has 2 heterocycles. The monoisotopic (exact) mass is 366 g/mol. The average molecular weight is 366 g/mol. The van der Waals surface area contributed by atoms with Crippen molar-refractivity contribution in [2.45, 2.75) is 26.0 Å². The molecule has 4 rings (SSSR count). The van der Waals surface area contributed by atoms with Crippen LogP contribution in [0.15, 0.2) is 57.7 Å². The highest BCUT2D eigenvalue weighted by molar-refractivity contribution is 5.99. The van der Waals surface area contributed by atoms with Crippen molar-refractivity contribution in [2.75, 3.05) is 11.4 Å². The second-order valence-corrected chi connectivity index (χ2v) is 6.42. The Morgan fingerprint density at radius 1 is 1.15 bits per heavy atom. The van der Waals surface area contributed by atoms with Crippen LogP contribution in [0.3, 0.4) is 0 Å². The fourth-order valence-electron chi connectivity index (χ4n) is 3.36. The van der Waals surface area contributed by atoms with Gasteiger partial charge in [-0.05, 0) is 37.1 Å². The molecular weight excluding hydrogens is 348 g/mol. The molecule has 0 bridgehead atoms. The lowest BCUT2D eigenvalue weighted by molar-refractivity contribution is -0.154. The van der Waals surface area contributed by atoms with Crippen molar-refractivity contribution < 1.29 is 18.7 Å². The molecule has 1 aromatic heterocycles. The Morgan fingerprint density at radius 2 is 1.89 bits per heavy atom. The summed E-state index contributed by atoms with van der Waals surface area (Å²) in [7, 11) is 0. The number of para-hydroxylation sites is 3. The zero-order valence-electron chi connectivity index (χ0n) is 14.8. The zero-order chi connectivity index (χ0) is 19.0. The van der Waals surface area contributed by atoms with Gasteiger partial charge in [-0.15, -0.1) is 0 Å². The molecule has 138 valence electrons. The van der Waals surface area contributed by atoms with Gasteiger partial charge in [0.2, 0.25) is 0 Å². The Morgan fingerprint density at radius 3 is 2.74 bits per heavy atom. The van der Waals surface area contributed by atoms with Crippen LogP contribution in [-0.4, -0.2) is 29.1 Å². The molecule has 1 amide bonds. The van der Waals surface area contributed by atoms with Crippen LogP contribution in [0.25, 0.3) is 11.1 Å². The molecule has 1 aliphatic rings. The number of hydrogen-bond acceptors (Lipinski definition) is 5. The highest BCUT2D eigenvalue weighted by atomic mass is 16.5. The summed E-state index contributed by atoms with van der Waals surface area (Å²) < 4.78 is 11.6. The van der Waals surface area contributed by atoms with E-state index < -0.39 is 17.8 Å². The van der Waals surface area contributed by atoms with Crippen LogP contribution in [0.2, 0.25) is 0 Å². The summed E-state index contributed by atoms with van der Waals surface area (Å²) >= 11 is 0. The van der Waals surface area contributed by atoms with E-state index in [9.17, 15) is 14.4 Å². The third-order valence-corrected chi connectivity index (χ3v) is 4.67. The Kier molecular flexibility index (Phi) is 4.27. The maximum Gasteiger partial charge on any atom is 0.420 e. The summed E-state index contributed by atoms with van der Waals surface area (Å²) in [5, 5.41) is 0. The molecule has 27 heavy (non-hydrogen) atoms. The number of rotatable bonds is 4. The molecule has 0 saturated heterocycles. The number of fused-ring (bicyclic) bond motifs is 2. The minimum absolute atomic E-state index is 0.280. The fraction of sp³-hybridized carbons (Fsp3) is 0.250. The summed E-state index contributed by atoms with van der Waals surface area (Å²) in [6.07, 6.45) is -0.170. The van der Waals surface area contributed by atoms with Gasteiger partial charge >= 0.3 is 11.7 Å². The van der Waals surface area contributed by atoms with E-state index in [4.69, 9.17) is 9.15 Å². The molecule has 0 fully saturated rings. The van der Waals surface area contributed by atoms with Gasteiger partial charge in [-0.1, -0.05) is 30.3 Å². The summed E-state index contributed by atoms with van der Waals surface area (Å²) in [6, 6.07) is 14.5. The van der Waals surface area contributed by atoms with Crippen LogP contribution in [0.1, 0.15) is 12.5 Å². The Labute approximate surface area is 154 Å². The molecule has 2 aromatic carbocycles. The number of esters is 1. The molecule has 0 N–H and O–H groups in total. The number of ether oxygens (including phenoxy) is 1. The molecule has 7 nitrogen and oxygen atoms in total. The van der Waals surface area contributed by atoms with E-state index >= 15 is 0 Å². The van der Waals surface area contributed by atoms with Gasteiger partial charge in [-0.3, -0.25) is 14.2 Å². The Bertz CT molecular complexity index is 1080. The van der Waals surface area contributed by atoms with Crippen molar-refractivity contribution in [3.8, 4) is 0 Å². The van der Waals surface area contributed by atoms with E-state index in [1.807, 2.05) is 24.3 Å². The molecule has 1 atom stereocenters. The van der Waals surface area contributed by atoms with E-state index in [1.54, 1.807) is 29.2 Å². The molecule has 1 unspecified atom stereocenters. The fourth-order valence-corrected chi connectivity index (χ4v) is 3.36. The van der Waals surface area contributed by atoms with Crippen molar-refractivity contribution in [3.05, 3.63) is 64.6 Å². The number of nitrogens with zero attached hydrogens (tertiary/aromatic N) is 2. The van der Waals surface area contributed by atoms with Gasteiger partial charge in [0.15, 0.2) is 11.7 Å². The Hall–Kier alpha value is -3.35. The number of hydrogen-bond donors (Lipinski definition) is 0. The molecule has 7 heteroatoms. The number of oxazole rings is 1. The first-order valence-electron chi connectivity index (χ1n) is 8.72. The number of benzene rings is 2. The largest absolute Gasteiger partial charge is 0.451 e. The van der Waals surface area contributed by atoms with E-state index in [1.165, 1.54) is 11.5 Å². The van der Waals surface area contributed by atoms with Gasteiger partial charge in [-0.2, -0.15) is 0 Å². The van der Waals surface area contributed by atoms with Crippen LogP contribution in [0, 0.1) is 0 Å². The van der Waals surface area contributed by atoms with Gasteiger partial charge in [0.25, 0.3) is 5.91 Å². The number of amides is 1. The van der Waals surface area contributed by atoms with Crippen molar-refractivity contribution in [1.29, 1.82) is 0 Å². The van der Waals surface area contributed by atoms with E-state index in [0.717, 1.165) is 17.7 Å². The second-order valence-electron chi connectivity index (χ2n) is 6.42. The van der Waals surface area contributed by atoms with Crippen molar-refractivity contribution >= 4 is 28.7 Å². The molecule has 0 spiro atoms. The summed E-state index contributed by atoms with van der Waals surface area (Å²) in [4.78, 5) is 38.6. The average Bonchev–Trinajstić information content (AvgIpc) is 3.22. The lowest BCUT2D eigenvalue weighted by Crippen LogP contribution is -2.39. The molecular formula is C20H18N2O5. The second kappa shape index (κ2) is 6.75. The molecule has 3 aromatic rings. The third kappa shape index (κ3) is 3.12. The standard InChI is InChI=1S/C20H18N2O5/c1-13(19(24)21-11-10-14-6-2-3-7-15(14)21)26-18(23)12-22-16-8-4-5-9-17(16)27-20(22)25/h2-9,13H,10-12H2,1H3. The van der Waals surface area contributed by atoms with Gasteiger partial charge in [0, 0.05) is 12.2 Å². The number of aromatic nitrogens is 1. The van der Waals surface area contributed by atoms with Crippen LogP contribution < -0.4 is 10.7 Å². The zero-order valence-corrected chi connectivity index (χ0v) is 14.8. The first-order chi connectivity index (χ1) is 13.0. The maximum absolute atomic E-state index is 12.7. The van der Waals surface area contributed by atoms with Crippen LogP contribution >= 0.6 is 0 Å². The van der Waals surface area contributed by atoms with Crippen LogP contribution in [-0.2, 0) is 27.3 Å². The SMILES string of the molecule is CC(OC(=O)Cn1c(=O)oc2ccccc21)C(=O)N1CCc2ccccc21. The minimum atomic E-state index is -0.947. The van der Waals surface area contributed by atoms with Gasteiger partial charge < -0.3 is 14.1 Å². The van der Waals surface area contributed by atoms with Crippen LogP contribution in [0.4, 0.5) is 5.69 Å². The number of carbonyl (C=O) groups excluding carboxylic acids is 2. The Balaban J connectivity index is 1.46. The van der Waals surface area contributed by atoms with Gasteiger partial charge in [0.05, 0.1) is 5.52 Å². The normalized spacial score (nSPS) is 14.2. The third-order valence-electron chi connectivity index (χ3n) is 4.67. The first kappa shape index (κ1) is 17.1. The molecule has 0 radical (unpaired) electrons. The van der Waals surface area contributed by atoms with E-state index in [-0.39, 0.29) is 12.5 Å². The highest BCUT2D eigenvalue weighted by Gasteiger charge is 2.30. The number of anilines is 1. The summed E-state index contributed by atoms with van der Waals surface area (Å²) in [6.45, 7) is 1.79. The van der Waals surface area contributed by atoms with Gasteiger partial charge in [0.1, 0.15) is 6.54 Å². The number of carbonyl (C=O) groups is 2. The predicted octanol–water partition coefficient (Wildman–Crippen LogP) is 2.12. The molecule has 0 saturated carbocycles. The lowest BCUT2D eigenvalue weighted by Gasteiger charge is -2.21. The van der Waals surface area contributed by atoms with Crippen LogP contribution in [0.5, 0.6) is 0 Å². The topological polar surface area (TPSA) is 81.7 Å². The van der Waals surface area contributed by atoms with E-state index in [2.05, 4.69) is 0 Å². The predicted molar refractivity (Wildman–Crippen MR) is 98.5 cm³/mol.